The van der Waals surface area contributed by atoms with E-state index >= 15 is 0 Å². The lowest BCUT2D eigenvalue weighted by molar-refractivity contribution is 0.0698. The topological polar surface area (TPSA) is 75.3 Å². The number of carboxylic acid groups (broad SMARTS) is 1. The number of carboxylic acids is 1. The zero-order chi connectivity index (χ0) is 14.2. The highest BCUT2D eigenvalue weighted by molar-refractivity contribution is 5.94. The second-order valence-electron chi connectivity index (χ2n) is 5.97. The molecule has 1 aliphatic carbocycles. The molecule has 19 heavy (non-hydrogen) atoms. The standard InChI is InChI=1S/C14H19FN2O2/c1-14(2)4-3-8(7-14)17-12-5-9(13(18)19)11(16)6-10(12)15/h5-6,8,17H,3-4,7,16H2,1-2H3,(H,18,19). The average Bonchev–Trinajstić information content (AvgIpc) is 2.61. The fraction of sp³-hybridized carbons (Fsp3) is 0.500. The number of nitrogen functional groups attached to an aromatic ring is 1. The number of nitrogens with two attached hydrogens (primary N) is 1. The first-order valence-electron chi connectivity index (χ1n) is 6.37. The van der Waals surface area contributed by atoms with Crippen molar-refractivity contribution in [3.63, 3.8) is 0 Å². The maximum Gasteiger partial charge on any atom is 0.337 e. The molecule has 2 rings (SSSR count). The van der Waals surface area contributed by atoms with Gasteiger partial charge in [0.1, 0.15) is 5.82 Å². The second-order valence-corrected chi connectivity index (χ2v) is 5.97. The Kier molecular flexibility index (Phi) is 3.39. The largest absolute Gasteiger partial charge is 0.478 e. The van der Waals surface area contributed by atoms with E-state index < -0.39 is 11.8 Å². The molecule has 0 bridgehead atoms. The van der Waals surface area contributed by atoms with Crippen molar-refractivity contribution >= 4 is 17.3 Å². The normalized spacial score (nSPS) is 21.3. The van der Waals surface area contributed by atoms with Gasteiger partial charge in [-0.25, -0.2) is 9.18 Å². The summed E-state index contributed by atoms with van der Waals surface area (Å²) in [5.74, 6) is -1.65. The minimum Gasteiger partial charge on any atom is -0.478 e. The van der Waals surface area contributed by atoms with E-state index in [9.17, 15) is 9.18 Å². The first-order valence-corrected chi connectivity index (χ1v) is 6.37. The van der Waals surface area contributed by atoms with Gasteiger partial charge in [0.2, 0.25) is 0 Å². The fourth-order valence-corrected chi connectivity index (χ4v) is 2.66. The Morgan fingerprint density at radius 1 is 1.53 bits per heavy atom. The van der Waals surface area contributed by atoms with Crippen molar-refractivity contribution in [3.8, 4) is 0 Å². The Labute approximate surface area is 111 Å². The van der Waals surface area contributed by atoms with Gasteiger partial charge in [0, 0.05) is 11.7 Å². The van der Waals surface area contributed by atoms with Crippen molar-refractivity contribution in [2.75, 3.05) is 11.1 Å². The number of hydrogen-bond donors (Lipinski definition) is 3. The van der Waals surface area contributed by atoms with Crippen LogP contribution in [-0.2, 0) is 0 Å². The van der Waals surface area contributed by atoms with Gasteiger partial charge in [0.05, 0.1) is 11.3 Å². The van der Waals surface area contributed by atoms with Crippen LogP contribution < -0.4 is 11.1 Å². The highest BCUT2D eigenvalue weighted by Crippen LogP contribution is 2.38. The molecule has 0 heterocycles. The monoisotopic (exact) mass is 266 g/mol. The minimum absolute atomic E-state index is 0.0534. The van der Waals surface area contributed by atoms with E-state index in [4.69, 9.17) is 10.8 Å². The van der Waals surface area contributed by atoms with E-state index in [1.165, 1.54) is 6.07 Å². The lowest BCUT2D eigenvalue weighted by Gasteiger charge is -2.19. The number of halogens is 1. The SMILES string of the molecule is CC1(C)CCC(Nc2cc(C(=O)O)c(N)cc2F)C1. The predicted molar refractivity (Wildman–Crippen MR) is 72.8 cm³/mol. The molecular weight excluding hydrogens is 247 g/mol. The number of carbonyl (C=O) groups is 1. The summed E-state index contributed by atoms with van der Waals surface area (Å²) < 4.78 is 13.8. The molecule has 1 saturated carbocycles. The molecule has 1 atom stereocenters. The van der Waals surface area contributed by atoms with Gasteiger partial charge in [-0.1, -0.05) is 13.8 Å². The van der Waals surface area contributed by atoms with Gasteiger partial charge < -0.3 is 16.2 Å². The van der Waals surface area contributed by atoms with Crippen LogP contribution in [0.15, 0.2) is 12.1 Å². The molecule has 4 N–H and O–H groups in total. The Hall–Kier alpha value is -1.78. The first-order chi connectivity index (χ1) is 8.78. The Morgan fingerprint density at radius 2 is 2.21 bits per heavy atom. The Morgan fingerprint density at radius 3 is 2.74 bits per heavy atom. The number of rotatable bonds is 3. The number of hydrogen-bond acceptors (Lipinski definition) is 3. The van der Waals surface area contributed by atoms with Crippen molar-refractivity contribution in [2.24, 2.45) is 5.41 Å². The molecular formula is C14H19FN2O2. The molecule has 0 amide bonds. The molecule has 0 saturated heterocycles. The molecule has 1 unspecified atom stereocenters. The first kappa shape index (κ1) is 13.6. The van der Waals surface area contributed by atoms with Gasteiger partial charge in [-0.2, -0.15) is 0 Å². The summed E-state index contributed by atoms with van der Waals surface area (Å²) in [5.41, 5.74) is 5.84. The van der Waals surface area contributed by atoms with Crippen molar-refractivity contribution in [3.05, 3.63) is 23.5 Å². The highest BCUT2D eigenvalue weighted by atomic mass is 19.1. The van der Waals surface area contributed by atoms with E-state index in [0.717, 1.165) is 25.3 Å². The number of aromatic carboxylic acids is 1. The van der Waals surface area contributed by atoms with Crippen LogP contribution in [0, 0.1) is 11.2 Å². The lowest BCUT2D eigenvalue weighted by Crippen LogP contribution is -2.19. The van der Waals surface area contributed by atoms with Crippen LogP contribution in [-0.4, -0.2) is 17.1 Å². The minimum atomic E-state index is -1.15. The number of nitrogens with one attached hydrogen (secondary N) is 1. The van der Waals surface area contributed by atoms with E-state index in [1.54, 1.807) is 0 Å². The molecule has 4 nitrogen and oxygen atoms in total. The van der Waals surface area contributed by atoms with Crippen molar-refractivity contribution in [2.45, 2.75) is 39.2 Å². The molecule has 1 aliphatic rings. The van der Waals surface area contributed by atoms with E-state index in [0.29, 0.717) is 0 Å². The van der Waals surface area contributed by atoms with Gasteiger partial charge in [0.25, 0.3) is 0 Å². The number of anilines is 2. The highest BCUT2D eigenvalue weighted by Gasteiger charge is 2.31. The van der Waals surface area contributed by atoms with Crippen molar-refractivity contribution < 1.29 is 14.3 Å². The van der Waals surface area contributed by atoms with Gasteiger partial charge in [-0.15, -0.1) is 0 Å². The second kappa shape index (κ2) is 4.72. The zero-order valence-corrected chi connectivity index (χ0v) is 11.2. The van der Waals surface area contributed by atoms with Crippen LogP contribution in [0.1, 0.15) is 43.5 Å². The van der Waals surface area contributed by atoms with Gasteiger partial charge in [-0.3, -0.25) is 0 Å². The summed E-state index contributed by atoms with van der Waals surface area (Å²) in [6.45, 7) is 4.35. The maximum absolute atomic E-state index is 13.8. The summed E-state index contributed by atoms with van der Waals surface area (Å²) >= 11 is 0. The molecule has 0 aliphatic heterocycles. The van der Waals surface area contributed by atoms with Crippen molar-refractivity contribution in [1.82, 2.24) is 0 Å². The molecule has 1 fully saturated rings. The lowest BCUT2D eigenvalue weighted by atomic mass is 9.92. The molecule has 5 heteroatoms. The van der Waals surface area contributed by atoms with Gasteiger partial charge in [0.15, 0.2) is 0 Å². The summed E-state index contributed by atoms with van der Waals surface area (Å²) in [5, 5.41) is 12.1. The van der Waals surface area contributed by atoms with Crippen LogP contribution in [0.25, 0.3) is 0 Å². The third-order valence-electron chi connectivity index (χ3n) is 3.70. The number of benzene rings is 1. The van der Waals surface area contributed by atoms with Crippen LogP contribution in [0.5, 0.6) is 0 Å². The average molecular weight is 266 g/mol. The van der Waals surface area contributed by atoms with Crippen LogP contribution in [0.4, 0.5) is 15.8 Å². The van der Waals surface area contributed by atoms with E-state index in [1.807, 2.05) is 0 Å². The van der Waals surface area contributed by atoms with E-state index in [2.05, 4.69) is 19.2 Å². The van der Waals surface area contributed by atoms with E-state index in [-0.39, 0.29) is 28.4 Å². The molecule has 0 aromatic heterocycles. The van der Waals surface area contributed by atoms with Crippen molar-refractivity contribution in [1.29, 1.82) is 0 Å². The van der Waals surface area contributed by atoms with Crippen LogP contribution >= 0.6 is 0 Å². The molecule has 0 radical (unpaired) electrons. The maximum atomic E-state index is 13.8. The Balaban J connectivity index is 2.21. The van der Waals surface area contributed by atoms with Gasteiger partial charge >= 0.3 is 5.97 Å². The molecule has 0 spiro atoms. The van der Waals surface area contributed by atoms with Crippen LogP contribution in [0.2, 0.25) is 0 Å². The summed E-state index contributed by atoms with van der Waals surface area (Å²) in [6.07, 6.45) is 2.98. The molecule has 1 aromatic rings. The quantitative estimate of drug-likeness (QED) is 0.735. The third kappa shape index (κ3) is 2.97. The predicted octanol–water partition coefficient (Wildman–Crippen LogP) is 3.10. The zero-order valence-electron chi connectivity index (χ0n) is 11.2. The smallest absolute Gasteiger partial charge is 0.337 e. The molecule has 104 valence electrons. The molecule has 1 aromatic carbocycles. The third-order valence-corrected chi connectivity index (χ3v) is 3.70. The van der Waals surface area contributed by atoms with Gasteiger partial charge in [-0.05, 0) is 36.8 Å². The van der Waals surface area contributed by atoms with Crippen LogP contribution in [0.3, 0.4) is 0 Å². The summed E-state index contributed by atoms with van der Waals surface area (Å²) in [7, 11) is 0. The summed E-state index contributed by atoms with van der Waals surface area (Å²) in [4.78, 5) is 11.0. The summed E-state index contributed by atoms with van der Waals surface area (Å²) in [6, 6.07) is 2.51. The fourth-order valence-electron chi connectivity index (χ4n) is 2.66. The Bertz CT molecular complexity index is 514.